The minimum Gasteiger partial charge on any atom is -0.266 e. The van der Waals surface area contributed by atoms with Gasteiger partial charge in [0.15, 0.2) is 0 Å². The summed E-state index contributed by atoms with van der Waals surface area (Å²) in [5.41, 5.74) is 1.05. The van der Waals surface area contributed by atoms with Crippen molar-refractivity contribution in [3.63, 3.8) is 0 Å². The van der Waals surface area contributed by atoms with E-state index in [9.17, 15) is 8.42 Å². The standard InChI is InChI=1S/C15H20O3S/c1-11-5-7-14(8-6-11)19(16,17)18-10-15-12-3-2-4-13(15)9-12/h5-8,12-13,15H,2-4,9-10H2,1H3. The van der Waals surface area contributed by atoms with Crippen LogP contribution in [-0.4, -0.2) is 15.0 Å². The summed E-state index contributed by atoms with van der Waals surface area (Å²) in [6.45, 7) is 2.30. The second-order valence-corrected chi connectivity index (χ2v) is 7.52. The van der Waals surface area contributed by atoms with E-state index in [1.807, 2.05) is 6.92 Å². The first-order valence-electron chi connectivity index (χ1n) is 7.02. The van der Waals surface area contributed by atoms with Crippen molar-refractivity contribution in [2.75, 3.05) is 6.61 Å². The lowest BCUT2D eigenvalue weighted by Gasteiger charge is -2.49. The fourth-order valence-electron chi connectivity index (χ4n) is 3.45. The summed E-state index contributed by atoms with van der Waals surface area (Å²) in [5.74, 6) is 1.87. The van der Waals surface area contributed by atoms with Crippen LogP contribution in [0.15, 0.2) is 29.2 Å². The van der Waals surface area contributed by atoms with Crippen LogP contribution in [0.1, 0.15) is 31.2 Å². The molecular formula is C15H20O3S. The first kappa shape index (κ1) is 13.1. The molecule has 0 N–H and O–H groups in total. The van der Waals surface area contributed by atoms with Gasteiger partial charge in [0.05, 0.1) is 11.5 Å². The number of hydrogen-bond acceptors (Lipinski definition) is 3. The minimum atomic E-state index is -3.58. The Kier molecular flexibility index (Phi) is 3.39. The molecule has 3 nitrogen and oxygen atoms in total. The maximum atomic E-state index is 12.1. The molecule has 2 aliphatic rings. The van der Waals surface area contributed by atoms with E-state index in [0.29, 0.717) is 24.4 Å². The molecule has 0 saturated heterocycles. The maximum Gasteiger partial charge on any atom is 0.296 e. The van der Waals surface area contributed by atoms with E-state index in [0.717, 1.165) is 5.56 Å². The van der Waals surface area contributed by atoms with Gasteiger partial charge in [-0.05, 0) is 43.2 Å². The summed E-state index contributed by atoms with van der Waals surface area (Å²) in [4.78, 5) is 0.266. The van der Waals surface area contributed by atoms with Gasteiger partial charge in [-0.15, -0.1) is 0 Å². The number of hydrogen-bond donors (Lipinski definition) is 0. The number of fused-ring (bicyclic) bond motifs is 2. The van der Waals surface area contributed by atoms with Crippen molar-refractivity contribution < 1.29 is 12.6 Å². The molecule has 0 amide bonds. The van der Waals surface area contributed by atoms with Gasteiger partial charge in [0, 0.05) is 0 Å². The SMILES string of the molecule is Cc1ccc(S(=O)(=O)OCC2C3CCCC2C3)cc1. The Bertz CT molecular complexity index is 533. The van der Waals surface area contributed by atoms with Crippen LogP contribution in [0.2, 0.25) is 0 Å². The molecule has 0 aromatic heterocycles. The van der Waals surface area contributed by atoms with Gasteiger partial charge >= 0.3 is 0 Å². The third-order valence-electron chi connectivity index (χ3n) is 4.69. The molecule has 2 saturated carbocycles. The summed E-state index contributed by atoms with van der Waals surface area (Å²) >= 11 is 0. The van der Waals surface area contributed by atoms with Crippen LogP contribution in [-0.2, 0) is 14.3 Å². The van der Waals surface area contributed by atoms with Crippen molar-refractivity contribution in [3.8, 4) is 0 Å². The summed E-state index contributed by atoms with van der Waals surface area (Å²) in [5, 5.41) is 0. The van der Waals surface area contributed by atoms with Gasteiger partial charge in [-0.3, -0.25) is 4.18 Å². The Morgan fingerprint density at radius 3 is 2.37 bits per heavy atom. The highest BCUT2D eigenvalue weighted by atomic mass is 32.2. The Hall–Kier alpha value is -0.870. The molecule has 0 heterocycles. The fourth-order valence-corrected chi connectivity index (χ4v) is 4.39. The summed E-state index contributed by atoms with van der Waals surface area (Å²) in [7, 11) is -3.58. The number of aryl methyl sites for hydroxylation is 1. The van der Waals surface area contributed by atoms with Crippen LogP contribution >= 0.6 is 0 Å². The Labute approximate surface area is 115 Å². The average molecular weight is 280 g/mol. The molecular weight excluding hydrogens is 260 g/mol. The van der Waals surface area contributed by atoms with Gasteiger partial charge in [-0.25, -0.2) is 0 Å². The van der Waals surface area contributed by atoms with Crippen LogP contribution < -0.4 is 0 Å². The summed E-state index contributed by atoms with van der Waals surface area (Å²) in [6, 6.07) is 6.83. The lowest BCUT2D eigenvalue weighted by molar-refractivity contribution is -0.0152. The molecule has 2 atom stereocenters. The third-order valence-corrected chi connectivity index (χ3v) is 5.99. The van der Waals surface area contributed by atoms with E-state index >= 15 is 0 Å². The molecule has 2 fully saturated rings. The average Bonchev–Trinajstić information content (AvgIpc) is 2.40. The highest BCUT2D eigenvalue weighted by Gasteiger charge is 2.44. The third kappa shape index (κ3) is 2.56. The number of benzene rings is 1. The maximum absolute atomic E-state index is 12.1. The quantitative estimate of drug-likeness (QED) is 0.796. The van der Waals surface area contributed by atoms with E-state index in [2.05, 4.69) is 0 Å². The molecule has 4 heteroatoms. The van der Waals surface area contributed by atoms with Crippen molar-refractivity contribution in [1.82, 2.24) is 0 Å². The first-order valence-corrected chi connectivity index (χ1v) is 8.43. The molecule has 0 aliphatic heterocycles. The van der Waals surface area contributed by atoms with Crippen LogP contribution in [0.4, 0.5) is 0 Å². The molecule has 1 aromatic carbocycles. The smallest absolute Gasteiger partial charge is 0.266 e. The van der Waals surface area contributed by atoms with Crippen LogP contribution in [0.25, 0.3) is 0 Å². The van der Waals surface area contributed by atoms with Crippen LogP contribution in [0.3, 0.4) is 0 Å². The second-order valence-electron chi connectivity index (χ2n) is 5.90. The molecule has 2 bridgehead atoms. The van der Waals surface area contributed by atoms with Crippen molar-refractivity contribution in [2.45, 2.75) is 37.5 Å². The lowest BCUT2D eigenvalue weighted by atomic mass is 9.57. The van der Waals surface area contributed by atoms with Gasteiger partial charge in [0.2, 0.25) is 0 Å². The monoisotopic (exact) mass is 280 g/mol. The van der Waals surface area contributed by atoms with E-state index < -0.39 is 10.1 Å². The zero-order chi connectivity index (χ0) is 13.5. The minimum absolute atomic E-state index is 0.266. The lowest BCUT2D eigenvalue weighted by Crippen LogP contribution is -2.43. The zero-order valence-corrected chi connectivity index (χ0v) is 12.0. The summed E-state index contributed by atoms with van der Waals surface area (Å²) in [6.07, 6.45) is 5.07. The summed E-state index contributed by atoms with van der Waals surface area (Å²) < 4.78 is 29.4. The van der Waals surface area contributed by atoms with Gasteiger partial charge in [-0.1, -0.05) is 37.0 Å². The molecule has 2 aliphatic carbocycles. The predicted molar refractivity (Wildman–Crippen MR) is 73.3 cm³/mol. The highest BCUT2D eigenvalue weighted by Crippen LogP contribution is 2.50. The van der Waals surface area contributed by atoms with Crippen molar-refractivity contribution >= 4 is 10.1 Å². The van der Waals surface area contributed by atoms with Gasteiger partial charge in [-0.2, -0.15) is 8.42 Å². The van der Waals surface area contributed by atoms with E-state index in [1.54, 1.807) is 24.3 Å². The largest absolute Gasteiger partial charge is 0.296 e. The Balaban J connectivity index is 1.64. The molecule has 104 valence electrons. The Morgan fingerprint density at radius 2 is 1.79 bits per heavy atom. The fraction of sp³-hybridized carbons (Fsp3) is 0.600. The molecule has 0 radical (unpaired) electrons. The molecule has 3 rings (SSSR count). The zero-order valence-electron chi connectivity index (χ0n) is 11.2. The van der Waals surface area contributed by atoms with Crippen LogP contribution in [0.5, 0.6) is 0 Å². The van der Waals surface area contributed by atoms with Gasteiger partial charge in [0.25, 0.3) is 10.1 Å². The van der Waals surface area contributed by atoms with Gasteiger partial charge in [0.1, 0.15) is 0 Å². The topological polar surface area (TPSA) is 43.4 Å². The predicted octanol–water partition coefficient (Wildman–Crippen LogP) is 3.14. The normalized spacial score (nSPS) is 29.8. The van der Waals surface area contributed by atoms with E-state index in [4.69, 9.17) is 4.18 Å². The van der Waals surface area contributed by atoms with E-state index in [-0.39, 0.29) is 4.90 Å². The highest BCUT2D eigenvalue weighted by molar-refractivity contribution is 7.86. The molecule has 0 spiro atoms. The van der Waals surface area contributed by atoms with Gasteiger partial charge < -0.3 is 0 Å². The number of rotatable bonds is 4. The van der Waals surface area contributed by atoms with E-state index in [1.165, 1.54) is 25.7 Å². The second kappa shape index (κ2) is 4.91. The van der Waals surface area contributed by atoms with Crippen molar-refractivity contribution in [1.29, 1.82) is 0 Å². The molecule has 1 aromatic rings. The Morgan fingerprint density at radius 1 is 1.16 bits per heavy atom. The van der Waals surface area contributed by atoms with Crippen LogP contribution in [0, 0.1) is 24.7 Å². The first-order chi connectivity index (χ1) is 9.06. The molecule has 2 unspecified atom stereocenters. The molecule has 19 heavy (non-hydrogen) atoms. The van der Waals surface area contributed by atoms with Crippen molar-refractivity contribution in [2.24, 2.45) is 17.8 Å². The van der Waals surface area contributed by atoms with Crippen molar-refractivity contribution in [3.05, 3.63) is 29.8 Å².